The van der Waals surface area contributed by atoms with Crippen molar-refractivity contribution in [2.45, 2.75) is 19.4 Å². The Balaban J connectivity index is 1.96. The van der Waals surface area contributed by atoms with E-state index in [2.05, 4.69) is 21.9 Å². The van der Waals surface area contributed by atoms with Crippen molar-refractivity contribution in [2.24, 2.45) is 10.9 Å². The van der Waals surface area contributed by atoms with Gasteiger partial charge in [0.15, 0.2) is 5.84 Å². The summed E-state index contributed by atoms with van der Waals surface area (Å²) in [5, 5.41) is 18.6. The Bertz CT molecular complexity index is 621. The molecule has 1 atom stereocenters. The molecule has 1 aromatic carbocycles. The van der Waals surface area contributed by atoms with Crippen LogP contribution in [-0.4, -0.2) is 23.0 Å². The number of oxime groups is 1. The predicted octanol–water partition coefficient (Wildman–Crippen LogP) is 2.20. The minimum absolute atomic E-state index is 0.0211. The molecule has 2 rings (SSSR count). The molecule has 0 bridgehead atoms. The average molecular weight is 303 g/mol. The van der Waals surface area contributed by atoms with Crippen LogP contribution in [0.2, 0.25) is 0 Å². The van der Waals surface area contributed by atoms with E-state index < -0.39 is 0 Å². The van der Waals surface area contributed by atoms with E-state index in [1.54, 1.807) is 35.6 Å². The molecule has 2 aromatic rings. The van der Waals surface area contributed by atoms with E-state index in [4.69, 9.17) is 10.9 Å². The van der Waals surface area contributed by atoms with Gasteiger partial charge in [-0.1, -0.05) is 17.3 Å². The fourth-order valence-corrected chi connectivity index (χ4v) is 2.65. The summed E-state index contributed by atoms with van der Waals surface area (Å²) in [6.07, 6.45) is 0.803. The third-order valence-corrected chi connectivity index (χ3v) is 3.78. The molecule has 1 unspecified atom stereocenters. The van der Waals surface area contributed by atoms with Crippen molar-refractivity contribution in [3.63, 3.8) is 0 Å². The topological polar surface area (TPSA) is 87.7 Å². The highest BCUT2D eigenvalue weighted by molar-refractivity contribution is 7.07. The zero-order chi connectivity index (χ0) is 15.2. The molecule has 5 nitrogen and oxygen atoms in total. The number of nitrogens with zero attached hydrogens (tertiary/aromatic N) is 1. The molecule has 1 heterocycles. The third kappa shape index (κ3) is 4.06. The van der Waals surface area contributed by atoms with Crippen molar-refractivity contribution in [1.82, 2.24) is 5.32 Å². The molecule has 1 aromatic heterocycles. The molecule has 0 radical (unpaired) electrons. The Hall–Kier alpha value is -2.34. The van der Waals surface area contributed by atoms with Crippen molar-refractivity contribution < 1.29 is 10.0 Å². The number of hydrogen-bond donors (Lipinski definition) is 3. The summed E-state index contributed by atoms with van der Waals surface area (Å²) in [4.78, 5) is 12.1. The van der Waals surface area contributed by atoms with Crippen LogP contribution in [0.3, 0.4) is 0 Å². The highest BCUT2D eigenvalue weighted by atomic mass is 32.1. The highest BCUT2D eigenvalue weighted by Crippen LogP contribution is 2.09. The second-order valence-electron chi connectivity index (χ2n) is 4.77. The number of amides is 1. The maximum absolute atomic E-state index is 12.1. The van der Waals surface area contributed by atoms with Gasteiger partial charge in [-0.15, -0.1) is 0 Å². The van der Waals surface area contributed by atoms with Gasteiger partial charge >= 0.3 is 0 Å². The first-order valence-electron chi connectivity index (χ1n) is 6.50. The van der Waals surface area contributed by atoms with Crippen LogP contribution in [0.5, 0.6) is 0 Å². The molecule has 1 amide bonds. The Morgan fingerprint density at radius 3 is 2.57 bits per heavy atom. The largest absolute Gasteiger partial charge is 0.409 e. The molecule has 110 valence electrons. The van der Waals surface area contributed by atoms with Gasteiger partial charge < -0.3 is 16.3 Å². The van der Waals surface area contributed by atoms with Gasteiger partial charge in [0.1, 0.15) is 0 Å². The molecule has 0 aliphatic carbocycles. The fourth-order valence-electron chi connectivity index (χ4n) is 1.97. The zero-order valence-corrected chi connectivity index (χ0v) is 12.4. The summed E-state index contributed by atoms with van der Waals surface area (Å²) < 4.78 is 0. The molecule has 21 heavy (non-hydrogen) atoms. The van der Waals surface area contributed by atoms with E-state index >= 15 is 0 Å². The molecule has 0 spiro atoms. The summed E-state index contributed by atoms with van der Waals surface area (Å²) >= 11 is 1.65. The summed E-state index contributed by atoms with van der Waals surface area (Å²) in [5.74, 6) is -0.114. The van der Waals surface area contributed by atoms with Gasteiger partial charge in [0.2, 0.25) is 0 Å². The van der Waals surface area contributed by atoms with Crippen molar-refractivity contribution in [3.05, 3.63) is 57.8 Å². The van der Waals surface area contributed by atoms with Crippen LogP contribution in [0.15, 0.2) is 46.2 Å². The quantitative estimate of drug-likeness (QED) is 0.342. The molecule has 0 saturated heterocycles. The minimum Gasteiger partial charge on any atom is -0.409 e. The van der Waals surface area contributed by atoms with Gasteiger partial charge in [0, 0.05) is 17.2 Å². The fraction of sp³-hybridized carbons (Fsp3) is 0.200. The number of benzene rings is 1. The van der Waals surface area contributed by atoms with Crippen LogP contribution >= 0.6 is 11.3 Å². The van der Waals surface area contributed by atoms with Crippen molar-refractivity contribution in [2.75, 3.05) is 0 Å². The average Bonchev–Trinajstić information content (AvgIpc) is 2.99. The predicted molar refractivity (Wildman–Crippen MR) is 83.9 cm³/mol. The molecule has 0 saturated carbocycles. The number of nitrogens with one attached hydrogen (secondary N) is 1. The van der Waals surface area contributed by atoms with Crippen molar-refractivity contribution in [1.29, 1.82) is 0 Å². The maximum Gasteiger partial charge on any atom is 0.251 e. The SMILES string of the molecule is CC(Cc1ccsc1)NC(=O)c1ccc(C(N)=NO)cc1. The van der Waals surface area contributed by atoms with Crippen LogP contribution in [-0.2, 0) is 6.42 Å². The first kappa shape index (κ1) is 15.1. The van der Waals surface area contributed by atoms with E-state index in [9.17, 15) is 4.79 Å². The van der Waals surface area contributed by atoms with Crippen LogP contribution in [0.1, 0.15) is 28.4 Å². The Kier molecular flexibility index (Phi) is 4.94. The van der Waals surface area contributed by atoms with Gasteiger partial charge in [-0.3, -0.25) is 4.79 Å². The lowest BCUT2D eigenvalue weighted by molar-refractivity contribution is 0.0940. The van der Waals surface area contributed by atoms with E-state index in [0.29, 0.717) is 11.1 Å². The summed E-state index contributed by atoms with van der Waals surface area (Å²) in [7, 11) is 0. The van der Waals surface area contributed by atoms with E-state index in [-0.39, 0.29) is 17.8 Å². The Labute approximate surface area is 127 Å². The number of thiophene rings is 1. The zero-order valence-electron chi connectivity index (χ0n) is 11.6. The van der Waals surface area contributed by atoms with Crippen LogP contribution in [0.4, 0.5) is 0 Å². The monoisotopic (exact) mass is 303 g/mol. The van der Waals surface area contributed by atoms with Crippen molar-refractivity contribution >= 4 is 23.1 Å². The maximum atomic E-state index is 12.1. The lowest BCUT2D eigenvalue weighted by atomic mass is 10.1. The van der Waals surface area contributed by atoms with Gasteiger partial charge in [-0.05, 0) is 47.9 Å². The number of nitrogens with two attached hydrogens (primary N) is 1. The second-order valence-corrected chi connectivity index (χ2v) is 5.55. The lowest BCUT2D eigenvalue weighted by Crippen LogP contribution is -2.34. The molecular weight excluding hydrogens is 286 g/mol. The Morgan fingerprint density at radius 2 is 2.00 bits per heavy atom. The third-order valence-electron chi connectivity index (χ3n) is 3.05. The first-order valence-corrected chi connectivity index (χ1v) is 7.44. The number of carbonyl (C=O) groups is 1. The number of rotatable bonds is 5. The minimum atomic E-state index is -0.135. The standard InChI is InChI=1S/C15H17N3O2S/c1-10(8-11-6-7-21-9-11)17-15(19)13-4-2-12(3-5-13)14(16)18-20/h2-7,9-10,20H,8H2,1H3,(H2,16,18)(H,17,19). The van der Waals surface area contributed by atoms with Crippen LogP contribution in [0, 0.1) is 0 Å². The number of carbonyl (C=O) groups excluding carboxylic acids is 1. The number of amidine groups is 1. The van der Waals surface area contributed by atoms with E-state index in [1.807, 2.05) is 12.3 Å². The summed E-state index contributed by atoms with van der Waals surface area (Å²) in [5.41, 5.74) is 7.81. The van der Waals surface area contributed by atoms with Gasteiger partial charge in [0.25, 0.3) is 5.91 Å². The normalized spacial score (nSPS) is 12.9. The smallest absolute Gasteiger partial charge is 0.251 e. The summed E-state index contributed by atoms with van der Waals surface area (Å²) in [6.45, 7) is 1.97. The van der Waals surface area contributed by atoms with E-state index in [0.717, 1.165) is 6.42 Å². The van der Waals surface area contributed by atoms with E-state index in [1.165, 1.54) is 5.56 Å². The molecule has 4 N–H and O–H groups in total. The molecule has 0 aliphatic rings. The molecule has 0 fully saturated rings. The molecule has 6 heteroatoms. The first-order chi connectivity index (χ1) is 10.1. The van der Waals surface area contributed by atoms with Gasteiger partial charge in [-0.25, -0.2) is 0 Å². The lowest BCUT2D eigenvalue weighted by Gasteiger charge is -2.13. The van der Waals surface area contributed by atoms with Crippen LogP contribution < -0.4 is 11.1 Å². The number of hydrogen-bond acceptors (Lipinski definition) is 4. The van der Waals surface area contributed by atoms with Gasteiger partial charge in [-0.2, -0.15) is 11.3 Å². The van der Waals surface area contributed by atoms with Crippen molar-refractivity contribution in [3.8, 4) is 0 Å². The molecule has 0 aliphatic heterocycles. The Morgan fingerprint density at radius 1 is 1.33 bits per heavy atom. The highest BCUT2D eigenvalue weighted by Gasteiger charge is 2.11. The van der Waals surface area contributed by atoms with Gasteiger partial charge in [0.05, 0.1) is 0 Å². The molecular formula is C15H17N3O2S. The van der Waals surface area contributed by atoms with Crippen LogP contribution in [0.25, 0.3) is 0 Å². The summed E-state index contributed by atoms with van der Waals surface area (Å²) in [6, 6.07) is 8.70. The second kappa shape index (κ2) is 6.90.